The van der Waals surface area contributed by atoms with Crippen molar-refractivity contribution in [2.45, 2.75) is 59.6 Å². The van der Waals surface area contributed by atoms with Crippen LogP contribution in [0.5, 0.6) is 5.75 Å². The average Bonchev–Trinajstić information content (AvgIpc) is 2.61. The van der Waals surface area contributed by atoms with Crippen molar-refractivity contribution in [1.29, 1.82) is 0 Å². The van der Waals surface area contributed by atoms with Crippen LogP contribution in [0.3, 0.4) is 0 Å². The van der Waals surface area contributed by atoms with Gasteiger partial charge in [0.1, 0.15) is 5.75 Å². The smallest absolute Gasteiger partial charge is 0.265 e. The van der Waals surface area contributed by atoms with Crippen LogP contribution in [0.25, 0.3) is 0 Å². The van der Waals surface area contributed by atoms with E-state index in [0.717, 1.165) is 11.1 Å². The number of amides is 2. The van der Waals surface area contributed by atoms with Crippen LogP contribution in [-0.4, -0.2) is 23.5 Å². The Balaban J connectivity index is 2.19. The Morgan fingerprint density at radius 2 is 1.75 bits per heavy atom. The van der Waals surface area contributed by atoms with Crippen molar-refractivity contribution in [3.05, 3.63) is 59.2 Å². The lowest BCUT2D eigenvalue weighted by atomic mass is 10.1. The van der Waals surface area contributed by atoms with Crippen LogP contribution in [-0.2, 0) is 4.79 Å². The SMILES string of the molecule is CC[C@@H](Oc1cc(C)ccc1C)C(=O)Nc1ccccc1C(=O)NC(C)(C)C. The zero-order valence-corrected chi connectivity index (χ0v) is 17.6. The summed E-state index contributed by atoms with van der Waals surface area (Å²) in [6, 6.07) is 12.9. The molecule has 5 nitrogen and oxygen atoms in total. The van der Waals surface area contributed by atoms with E-state index in [1.165, 1.54) is 0 Å². The second-order valence-corrected chi connectivity index (χ2v) is 8.02. The number of aryl methyl sites for hydroxylation is 2. The molecule has 2 amide bonds. The van der Waals surface area contributed by atoms with Gasteiger partial charge in [0.25, 0.3) is 11.8 Å². The number of anilines is 1. The van der Waals surface area contributed by atoms with Crippen LogP contribution in [0.4, 0.5) is 5.69 Å². The molecule has 0 fully saturated rings. The lowest BCUT2D eigenvalue weighted by molar-refractivity contribution is -0.122. The van der Waals surface area contributed by atoms with Crippen LogP contribution in [0.1, 0.15) is 55.6 Å². The zero-order chi connectivity index (χ0) is 20.9. The summed E-state index contributed by atoms with van der Waals surface area (Å²) >= 11 is 0. The van der Waals surface area contributed by atoms with Crippen LogP contribution >= 0.6 is 0 Å². The Bertz CT molecular complexity index is 853. The van der Waals surface area contributed by atoms with Gasteiger partial charge in [-0.25, -0.2) is 0 Å². The molecule has 1 atom stereocenters. The second kappa shape index (κ2) is 8.91. The molecular weight excluding hydrogens is 352 g/mol. The summed E-state index contributed by atoms with van der Waals surface area (Å²) in [4.78, 5) is 25.4. The van der Waals surface area contributed by atoms with Gasteiger partial charge in [0.15, 0.2) is 6.10 Å². The number of rotatable bonds is 6. The van der Waals surface area contributed by atoms with Gasteiger partial charge in [0.05, 0.1) is 11.3 Å². The molecule has 2 N–H and O–H groups in total. The van der Waals surface area contributed by atoms with E-state index in [-0.39, 0.29) is 17.4 Å². The third-order valence-corrected chi connectivity index (χ3v) is 4.19. The second-order valence-electron chi connectivity index (χ2n) is 8.02. The standard InChI is InChI=1S/C23H30N2O3/c1-7-19(28-20-14-15(2)12-13-16(20)3)22(27)24-18-11-9-8-10-17(18)21(26)25-23(4,5)6/h8-14,19H,7H2,1-6H3,(H,24,27)(H,25,26)/t19-/m1/s1. The van der Waals surface area contributed by atoms with E-state index >= 15 is 0 Å². The van der Waals surface area contributed by atoms with E-state index in [9.17, 15) is 9.59 Å². The van der Waals surface area contributed by atoms with Crippen molar-refractivity contribution in [3.63, 3.8) is 0 Å². The van der Waals surface area contributed by atoms with Crippen molar-refractivity contribution >= 4 is 17.5 Å². The molecule has 2 aromatic rings. The molecule has 0 saturated heterocycles. The number of benzene rings is 2. The molecule has 0 aliphatic rings. The number of hydrogen-bond acceptors (Lipinski definition) is 3. The van der Waals surface area contributed by atoms with E-state index in [4.69, 9.17) is 4.74 Å². The van der Waals surface area contributed by atoms with Crippen LogP contribution < -0.4 is 15.4 Å². The first-order valence-electron chi connectivity index (χ1n) is 9.57. The third-order valence-electron chi connectivity index (χ3n) is 4.19. The molecular formula is C23H30N2O3. The van der Waals surface area contributed by atoms with E-state index in [2.05, 4.69) is 10.6 Å². The largest absolute Gasteiger partial charge is 0.480 e. The summed E-state index contributed by atoms with van der Waals surface area (Å²) < 4.78 is 5.98. The van der Waals surface area contributed by atoms with Gasteiger partial charge in [-0.15, -0.1) is 0 Å². The van der Waals surface area contributed by atoms with Gasteiger partial charge in [0.2, 0.25) is 0 Å². The summed E-state index contributed by atoms with van der Waals surface area (Å²) in [5.74, 6) is 0.187. The molecule has 0 aliphatic carbocycles. The molecule has 0 heterocycles. The highest BCUT2D eigenvalue weighted by Crippen LogP contribution is 2.22. The summed E-state index contributed by atoms with van der Waals surface area (Å²) in [5, 5.41) is 5.78. The molecule has 2 rings (SSSR count). The Labute approximate surface area is 167 Å². The molecule has 0 aromatic heterocycles. The third kappa shape index (κ3) is 5.84. The van der Waals surface area contributed by atoms with Crippen LogP contribution in [0.2, 0.25) is 0 Å². The minimum Gasteiger partial charge on any atom is -0.480 e. The molecule has 0 spiro atoms. The maximum Gasteiger partial charge on any atom is 0.265 e. The Hall–Kier alpha value is -2.82. The van der Waals surface area contributed by atoms with Crippen molar-refractivity contribution < 1.29 is 14.3 Å². The van der Waals surface area contributed by atoms with E-state index in [1.807, 2.05) is 59.7 Å². The van der Waals surface area contributed by atoms with Gasteiger partial charge in [-0.2, -0.15) is 0 Å². The Morgan fingerprint density at radius 1 is 1.07 bits per heavy atom. The average molecular weight is 383 g/mol. The minimum atomic E-state index is -0.653. The molecule has 0 aliphatic heterocycles. The zero-order valence-electron chi connectivity index (χ0n) is 17.6. The predicted octanol–water partition coefficient (Wildman–Crippen LogP) is 4.63. The topological polar surface area (TPSA) is 67.4 Å². The van der Waals surface area contributed by atoms with Gasteiger partial charge in [0, 0.05) is 5.54 Å². The number of carbonyl (C=O) groups is 2. The molecule has 0 radical (unpaired) electrons. The molecule has 2 aromatic carbocycles. The maximum absolute atomic E-state index is 12.8. The highest BCUT2D eigenvalue weighted by molar-refractivity contribution is 6.04. The van der Waals surface area contributed by atoms with Gasteiger partial charge in [-0.1, -0.05) is 31.2 Å². The van der Waals surface area contributed by atoms with Crippen molar-refractivity contribution in [1.82, 2.24) is 5.32 Å². The predicted molar refractivity (Wildman–Crippen MR) is 113 cm³/mol. The van der Waals surface area contributed by atoms with Crippen molar-refractivity contribution in [3.8, 4) is 5.75 Å². The van der Waals surface area contributed by atoms with E-state index in [0.29, 0.717) is 23.4 Å². The first-order chi connectivity index (χ1) is 13.1. The first kappa shape index (κ1) is 21.5. The normalized spacial score (nSPS) is 12.2. The quantitative estimate of drug-likeness (QED) is 0.765. The number of para-hydroxylation sites is 1. The van der Waals surface area contributed by atoms with Gasteiger partial charge >= 0.3 is 0 Å². The van der Waals surface area contributed by atoms with Crippen molar-refractivity contribution in [2.75, 3.05) is 5.32 Å². The van der Waals surface area contributed by atoms with Gasteiger partial charge in [-0.3, -0.25) is 9.59 Å². The maximum atomic E-state index is 12.8. The first-order valence-corrected chi connectivity index (χ1v) is 9.57. The fraction of sp³-hybridized carbons (Fsp3) is 0.391. The fourth-order valence-electron chi connectivity index (χ4n) is 2.72. The summed E-state index contributed by atoms with van der Waals surface area (Å²) in [7, 11) is 0. The lowest BCUT2D eigenvalue weighted by Crippen LogP contribution is -2.41. The number of nitrogens with one attached hydrogen (secondary N) is 2. The highest BCUT2D eigenvalue weighted by atomic mass is 16.5. The number of carbonyl (C=O) groups excluding carboxylic acids is 2. The molecule has 28 heavy (non-hydrogen) atoms. The fourth-order valence-corrected chi connectivity index (χ4v) is 2.72. The molecule has 0 saturated carbocycles. The monoisotopic (exact) mass is 382 g/mol. The molecule has 0 unspecified atom stereocenters. The summed E-state index contributed by atoms with van der Waals surface area (Å²) in [5.41, 5.74) is 2.57. The Morgan fingerprint density at radius 3 is 2.39 bits per heavy atom. The molecule has 150 valence electrons. The number of hydrogen-bond donors (Lipinski definition) is 2. The van der Waals surface area contributed by atoms with Crippen LogP contribution in [0, 0.1) is 13.8 Å². The van der Waals surface area contributed by atoms with Gasteiger partial charge < -0.3 is 15.4 Å². The summed E-state index contributed by atoms with van der Waals surface area (Å²) in [6.07, 6.45) is -0.144. The highest BCUT2D eigenvalue weighted by Gasteiger charge is 2.23. The Kier molecular flexibility index (Phi) is 6.84. The van der Waals surface area contributed by atoms with Crippen LogP contribution in [0.15, 0.2) is 42.5 Å². The van der Waals surface area contributed by atoms with E-state index in [1.54, 1.807) is 24.3 Å². The van der Waals surface area contributed by atoms with E-state index < -0.39 is 6.10 Å². The van der Waals surface area contributed by atoms with Crippen molar-refractivity contribution in [2.24, 2.45) is 0 Å². The summed E-state index contributed by atoms with van der Waals surface area (Å²) in [6.45, 7) is 11.6. The molecule has 5 heteroatoms. The lowest BCUT2D eigenvalue weighted by Gasteiger charge is -2.22. The minimum absolute atomic E-state index is 0.230. The number of ether oxygens (including phenoxy) is 1. The molecule has 0 bridgehead atoms. The van der Waals surface area contributed by atoms with Gasteiger partial charge in [-0.05, 0) is 70.4 Å².